The minimum absolute atomic E-state index is 0.214. The minimum Gasteiger partial charge on any atom is -0.497 e. The molecule has 4 aromatic rings. The molecule has 0 aromatic heterocycles. The van der Waals surface area contributed by atoms with Crippen molar-refractivity contribution in [2.24, 2.45) is 0 Å². The van der Waals surface area contributed by atoms with Gasteiger partial charge in [-0.1, -0.05) is 54.6 Å². The van der Waals surface area contributed by atoms with Crippen LogP contribution in [0.15, 0.2) is 84.9 Å². The van der Waals surface area contributed by atoms with Crippen molar-refractivity contribution in [1.82, 2.24) is 5.32 Å². The average molecular weight is 398 g/mol. The van der Waals surface area contributed by atoms with E-state index >= 15 is 0 Å². The van der Waals surface area contributed by atoms with E-state index in [1.54, 1.807) is 14.2 Å². The monoisotopic (exact) mass is 397 g/mol. The van der Waals surface area contributed by atoms with Crippen molar-refractivity contribution in [2.45, 2.75) is 19.5 Å². The van der Waals surface area contributed by atoms with Gasteiger partial charge < -0.3 is 14.8 Å². The highest BCUT2D eigenvalue weighted by atomic mass is 16.5. The van der Waals surface area contributed by atoms with Gasteiger partial charge >= 0.3 is 0 Å². The Hall–Kier alpha value is -3.30. The smallest absolute Gasteiger partial charge is 0.126 e. The van der Waals surface area contributed by atoms with E-state index < -0.39 is 0 Å². The number of fused-ring (bicyclic) bond motifs is 1. The van der Waals surface area contributed by atoms with Crippen LogP contribution in [0.2, 0.25) is 0 Å². The number of hydrogen-bond acceptors (Lipinski definition) is 3. The van der Waals surface area contributed by atoms with Crippen molar-refractivity contribution in [3.05, 3.63) is 96.1 Å². The Morgan fingerprint density at radius 3 is 2.40 bits per heavy atom. The second-order valence-corrected chi connectivity index (χ2v) is 7.48. The van der Waals surface area contributed by atoms with E-state index in [9.17, 15) is 0 Å². The molecule has 0 radical (unpaired) electrons. The zero-order valence-electron chi connectivity index (χ0n) is 17.7. The molecule has 152 valence electrons. The first-order chi connectivity index (χ1) is 14.7. The highest BCUT2D eigenvalue weighted by Crippen LogP contribution is 2.33. The van der Waals surface area contributed by atoms with E-state index in [0.717, 1.165) is 29.2 Å². The molecule has 0 amide bonds. The van der Waals surface area contributed by atoms with Crippen LogP contribution in [0.4, 0.5) is 0 Å². The SMILES string of the molecule is COc1cccc([C@@H](C)NCc2ccc(OC)c(-c3ccc4ccccc4c3)c2)c1. The van der Waals surface area contributed by atoms with Crippen LogP contribution in [0.25, 0.3) is 21.9 Å². The van der Waals surface area contributed by atoms with Crippen molar-refractivity contribution in [3.8, 4) is 22.6 Å². The molecule has 4 aromatic carbocycles. The molecule has 1 atom stereocenters. The number of nitrogens with one attached hydrogen (secondary N) is 1. The third kappa shape index (κ3) is 4.32. The Morgan fingerprint density at radius 1 is 0.767 bits per heavy atom. The summed E-state index contributed by atoms with van der Waals surface area (Å²) in [5, 5.41) is 6.09. The Labute approximate surface area is 178 Å². The molecule has 1 N–H and O–H groups in total. The van der Waals surface area contributed by atoms with Crippen LogP contribution in [0, 0.1) is 0 Å². The second-order valence-electron chi connectivity index (χ2n) is 7.48. The summed E-state index contributed by atoms with van der Waals surface area (Å²) >= 11 is 0. The third-order valence-electron chi connectivity index (χ3n) is 5.53. The van der Waals surface area contributed by atoms with Crippen LogP contribution in [0.1, 0.15) is 24.1 Å². The Kier molecular flexibility index (Phi) is 6.01. The predicted octanol–water partition coefficient (Wildman–Crippen LogP) is 6.37. The maximum absolute atomic E-state index is 5.65. The fourth-order valence-corrected chi connectivity index (χ4v) is 3.75. The summed E-state index contributed by atoms with van der Waals surface area (Å²) in [5.74, 6) is 1.76. The van der Waals surface area contributed by atoms with Crippen LogP contribution in [-0.4, -0.2) is 14.2 Å². The highest BCUT2D eigenvalue weighted by molar-refractivity contribution is 5.88. The van der Waals surface area contributed by atoms with Gasteiger partial charge in [0.15, 0.2) is 0 Å². The van der Waals surface area contributed by atoms with Gasteiger partial charge in [-0.05, 0) is 64.7 Å². The van der Waals surface area contributed by atoms with Crippen molar-refractivity contribution in [2.75, 3.05) is 14.2 Å². The van der Waals surface area contributed by atoms with Crippen LogP contribution < -0.4 is 14.8 Å². The lowest BCUT2D eigenvalue weighted by molar-refractivity contribution is 0.413. The van der Waals surface area contributed by atoms with E-state index in [0.29, 0.717) is 0 Å². The summed E-state index contributed by atoms with van der Waals surface area (Å²) < 4.78 is 11.0. The molecule has 0 aliphatic carbocycles. The Morgan fingerprint density at radius 2 is 1.60 bits per heavy atom. The van der Waals surface area contributed by atoms with Crippen molar-refractivity contribution in [1.29, 1.82) is 0 Å². The highest BCUT2D eigenvalue weighted by Gasteiger charge is 2.10. The number of hydrogen-bond donors (Lipinski definition) is 1. The molecule has 0 unspecified atom stereocenters. The largest absolute Gasteiger partial charge is 0.497 e. The van der Waals surface area contributed by atoms with E-state index in [1.807, 2.05) is 12.1 Å². The molecule has 0 spiro atoms. The number of benzene rings is 4. The van der Waals surface area contributed by atoms with Gasteiger partial charge in [0.1, 0.15) is 11.5 Å². The molecule has 0 aliphatic heterocycles. The normalized spacial score (nSPS) is 12.0. The molecule has 3 nitrogen and oxygen atoms in total. The van der Waals surface area contributed by atoms with Crippen molar-refractivity contribution >= 4 is 10.8 Å². The van der Waals surface area contributed by atoms with Crippen molar-refractivity contribution in [3.63, 3.8) is 0 Å². The maximum atomic E-state index is 5.65. The summed E-state index contributed by atoms with van der Waals surface area (Å²) in [6, 6.07) is 29.8. The number of methoxy groups -OCH3 is 2. The number of ether oxygens (including phenoxy) is 2. The van der Waals surface area contributed by atoms with Gasteiger partial charge in [-0.3, -0.25) is 0 Å². The fraction of sp³-hybridized carbons (Fsp3) is 0.185. The molecule has 0 saturated carbocycles. The van der Waals surface area contributed by atoms with E-state index in [1.165, 1.54) is 21.9 Å². The first-order valence-electron chi connectivity index (χ1n) is 10.2. The Balaban J connectivity index is 1.57. The summed E-state index contributed by atoms with van der Waals surface area (Å²) in [5.41, 5.74) is 4.69. The molecule has 3 heteroatoms. The minimum atomic E-state index is 0.214. The molecule has 30 heavy (non-hydrogen) atoms. The molecule has 0 bridgehead atoms. The second kappa shape index (κ2) is 9.02. The van der Waals surface area contributed by atoms with Crippen LogP contribution in [0.5, 0.6) is 11.5 Å². The molecular weight excluding hydrogens is 370 g/mol. The first-order valence-corrected chi connectivity index (χ1v) is 10.2. The van der Waals surface area contributed by atoms with Crippen LogP contribution in [0.3, 0.4) is 0 Å². The summed E-state index contributed by atoms with van der Waals surface area (Å²) in [6.07, 6.45) is 0. The Bertz CT molecular complexity index is 1150. The lowest BCUT2D eigenvalue weighted by atomic mass is 9.98. The summed E-state index contributed by atoms with van der Waals surface area (Å²) in [6.45, 7) is 2.94. The quantitative estimate of drug-likeness (QED) is 0.393. The van der Waals surface area contributed by atoms with Gasteiger partial charge in [-0.2, -0.15) is 0 Å². The molecule has 0 saturated heterocycles. The van der Waals surface area contributed by atoms with E-state index in [-0.39, 0.29) is 6.04 Å². The average Bonchev–Trinajstić information content (AvgIpc) is 2.82. The van der Waals surface area contributed by atoms with Gasteiger partial charge in [0, 0.05) is 18.2 Å². The summed E-state index contributed by atoms with van der Waals surface area (Å²) in [4.78, 5) is 0. The van der Waals surface area contributed by atoms with Gasteiger partial charge in [0.05, 0.1) is 14.2 Å². The maximum Gasteiger partial charge on any atom is 0.126 e. The fourth-order valence-electron chi connectivity index (χ4n) is 3.75. The van der Waals surface area contributed by atoms with E-state index in [2.05, 4.69) is 85.0 Å². The topological polar surface area (TPSA) is 30.5 Å². The zero-order chi connectivity index (χ0) is 20.9. The lowest BCUT2D eigenvalue weighted by Crippen LogP contribution is -2.18. The van der Waals surface area contributed by atoms with Gasteiger partial charge in [-0.25, -0.2) is 0 Å². The standard InChI is InChI=1S/C27H27NO2/c1-19(22-9-6-10-25(17-22)29-2)28-18-20-11-14-27(30-3)26(15-20)24-13-12-21-7-4-5-8-23(21)16-24/h4-17,19,28H,18H2,1-3H3/t19-/m1/s1. The first kappa shape index (κ1) is 20.0. The lowest BCUT2D eigenvalue weighted by Gasteiger charge is -2.17. The van der Waals surface area contributed by atoms with Gasteiger partial charge in [-0.15, -0.1) is 0 Å². The molecular formula is C27H27NO2. The molecule has 0 fully saturated rings. The van der Waals surface area contributed by atoms with Crippen LogP contribution in [-0.2, 0) is 6.54 Å². The van der Waals surface area contributed by atoms with Crippen molar-refractivity contribution < 1.29 is 9.47 Å². The third-order valence-corrected chi connectivity index (χ3v) is 5.53. The van der Waals surface area contributed by atoms with Gasteiger partial charge in [0.25, 0.3) is 0 Å². The summed E-state index contributed by atoms with van der Waals surface area (Å²) in [7, 11) is 3.42. The zero-order valence-corrected chi connectivity index (χ0v) is 17.7. The van der Waals surface area contributed by atoms with Crippen LogP contribution >= 0.6 is 0 Å². The number of rotatable bonds is 7. The van der Waals surface area contributed by atoms with Gasteiger partial charge in [0.2, 0.25) is 0 Å². The molecule has 0 heterocycles. The molecule has 0 aliphatic rings. The predicted molar refractivity (Wildman–Crippen MR) is 124 cm³/mol. The molecule has 4 rings (SSSR count). The van der Waals surface area contributed by atoms with E-state index in [4.69, 9.17) is 9.47 Å².